The number of aromatic nitrogens is 2. The van der Waals surface area contributed by atoms with Gasteiger partial charge in [0.25, 0.3) is 0 Å². The van der Waals surface area contributed by atoms with Gasteiger partial charge in [0.2, 0.25) is 11.8 Å². The predicted octanol–water partition coefficient (Wildman–Crippen LogP) is 2.92. The second kappa shape index (κ2) is 9.46. The fraction of sp³-hybridized carbons (Fsp3) is 0.423. The first-order valence-electron chi connectivity index (χ1n) is 12.1. The Morgan fingerprint density at radius 1 is 0.971 bits per heavy atom. The second-order valence-corrected chi connectivity index (χ2v) is 9.36. The number of para-hydroxylation sites is 1. The van der Waals surface area contributed by atoms with Crippen molar-refractivity contribution in [1.82, 2.24) is 19.4 Å². The Labute approximate surface area is 198 Å². The van der Waals surface area contributed by atoms with Crippen LogP contribution in [-0.2, 0) is 29.7 Å². The molecule has 0 aliphatic carbocycles. The van der Waals surface area contributed by atoms with Crippen molar-refractivity contribution in [2.75, 3.05) is 18.4 Å². The molecular weight excluding hydrogens is 430 g/mol. The van der Waals surface area contributed by atoms with Gasteiger partial charge < -0.3 is 5.32 Å². The third-order valence-corrected chi connectivity index (χ3v) is 6.99. The van der Waals surface area contributed by atoms with Crippen molar-refractivity contribution in [3.8, 4) is 0 Å². The number of imidazole rings is 1. The molecule has 8 nitrogen and oxygen atoms in total. The number of likely N-dealkylation sites (tertiary alicyclic amines) is 1. The van der Waals surface area contributed by atoms with Gasteiger partial charge in [-0.1, -0.05) is 36.8 Å². The molecule has 34 heavy (non-hydrogen) atoms. The number of carbonyl (C=O) groups excluding carboxylic acids is 2. The van der Waals surface area contributed by atoms with Gasteiger partial charge in [0, 0.05) is 26.6 Å². The van der Waals surface area contributed by atoms with Crippen LogP contribution in [0.1, 0.15) is 49.3 Å². The highest BCUT2D eigenvalue weighted by atomic mass is 16.2. The first kappa shape index (κ1) is 22.4. The Morgan fingerprint density at radius 2 is 1.71 bits per heavy atom. The number of fused-ring (bicyclic) bond motifs is 1. The molecule has 0 spiro atoms. The van der Waals surface area contributed by atoms with Crippen LogP contribution in [0.4, 0.5) is 5.69 Å². The molecule has 1 atom stereocenters. The van der Waals surface area contributed by atoms with E-state index in [0.29, 0.717) is 18.5 Å². The van der Waals surface area contributed by atoms with Crippen LogP contribution in [0.3, 0.4) is 0 Å². The van der Waals surface area contributed by atoms with E-state index in [1.807, 2.05) is 18.2 Å². The molecule has 0 radical (unpaired) electrons. The minimum Gasteiger partial charge on any atom is -0.379 e. The average Bonchev–Trinajstić information content (AvgIpc) is 3.10. The summed E-state index contributed by atoms with van der Waals surface area (Å²) in [5.74, 6) is -0.715. The molecular formula is C26H31N5O3. The van der Waals surface area contributed by atoms with Crippen LogP contribution < -0.4 is 16.3 Å². The standard InChI is InChI=1S/C26H31N5O3/c1-29-24-20(27-16-18-8-10-19(11-9-18)17-30-14-3-2-4-15-30)6-5-7-21(24)31(26(29)34)22-12-13-23(32)28-25(22)33/h5-11,22,27H,2-4,12-17H2,1H3,(H,28,32,33). The number of aryl methyl sites for hydroxylation is 1. The fourth-order valence-corrected chi connectivity index (χ4v) is 5.15. The summed E-state index contributed by atoms with van der Waals surface area (Å²) in [7, 11) is 1.72. The molecule has 0 bridgehead atoms. The molecule has 8 heteroatoms. The van der Waals surface area contributed by atoms with Crippen LogP contribution in [0.5, 0.6) is 0 Å². The Hall–Kier alpha value is -3.39. The largest absolute Gasteiger partial charge is 0.379 e. The fourth-order valence-electron chi connectivity index (χ4n) is 5.15. The van der Waals surface area contributed by atoms with E-state index in [-0.39, 0.29) is 18.0 Å². The number of hydrogen-bond acceptors (Lipinski definition) is 5. The summed E-state index contributed by atoms with van der Waals surface area (Å²) in [6, 6.07) is 13.7. The topological polar surface area (TPSA) is 88.4 Å². The third kappa shape index (κ3) is 4.37. The lowest BCUT2D eigenvalue weighted by Gasteiger charge is -2.26. The lowest BCUT2D eigenvalue weighted by Crippen LogP contribution is -2.44. The van der Waals surface area contributed by atoms with Crippen LogP contribution >= 0.6 is 0 Å². The van der Waals surface area contributed by atoms with E-state index in [1.54, 1.807) is 11.6 Å². The highest BCUT2D eigenvalue weighted by molar-refractivity contribution is 6.00. The molecule has 2 saturated heterocycles. The van der Waals surface area contributed by atoms with Crippen molar-refractivity contribution >= 4 is 28.5 Å². The Morgan fingerprint density at radius 3 is 2.44 bits per heavy atom. The van der Waals surface area contributed by atoms with Crippen LogP contribution in [-0.4, -0.2) is 38.9 Å². The maximum Gasteiger partial charge on any atom is 0.329 e. The summed E-state index contributed by atoms with van der Waals surface area (Å²) >= 11 is 0. The summed E-state index contributed by atoms with van der Waals surface area (Å²) in [6.07, 6.45) is 4.48. The SMILES string of the molecule is Cn1c(=O)n(C2CCC(=O)NC2=O)c2cccc(NCc3ccc(CN4CCCCC4)cc3)c21. The van der Waals surface area contributed by atoms with E-state index in [2.05, 4.69) is 39.8 Å². The van der Waals surface area contributed by atoms with Gasteiger partial charge in [-0.25, -0.2) is 4.79 Å². The number of piperidine rings is 2. The lowest BCUT2D eigenvalue weighted by molar-refractivity contribution is -0.135. The Bertz CT molecular complexity index is 1270. The Kier molecular flexibility index (Phi) is 6.24. The van der Waals surface area contributed by atoms with E-state index in [9.17, 15) is 14.4 Å². The van der Waals surface area contributed by atoms with Gasteiger partial charge in [-0.2, -0.15) is 0 Å². The van der Waals surface area contributed by atoms with Gasteiger partial charge in [0.1, 0.15) is 6.04 Å². The number of nitrogens with one attached hydrogen (secondary N) is 2. The number of nitrogens with zero attached hydrogens (tertiary/aromatic N) is 3. The van der Waals surface area contributed by atoms with Gasteiger partial charge in [0.05, 0.1) is 16.7 Å². The normalized spacial score (nSPS) is 19.4. The molecule has 2 aliphatic rings. The van der Waals surface area contributed by atoms with Gasteiger partial charge in [-0.15, -0.1) is 0 Å². The molecule has 2 aromatic carbocycles. The Balaban J connectivity index is 1.34. The predicted molar refractivity (Wildman–Crippen MR) is 131 cm³/mol. The van der Waals surface area contributed by atoms with Gasteiger partial charge in [-0.3, -0.25) is 28.9 Å². The minimum atomic E-state index is -0.684. The van der Waals surface area contributed by atoms with Gasteiger partial charge >= 0.3 is 5.69 Å². The highest BCUT2D eigenvalue weighted by Gasteiger charge is 2.31. The molecule has 2 N–H and O–H groups in total. The van der Waals surface area contributed by atoms with Crippen molar-refractivity contribution in [3.63, 3.8) is 0 Å². The second-order valence-electron chi connectivity index (χ2n) is 9.36. The summed E-state index contributed by atoms with van der Waals surface area (Å²) in [5, 5.41) is 5.82. The van der Waals surface area contributed by atoms with E-state index in [4.69, 9.17) is 0 Å². The number of anilines is 1. The molecule has 2 fully saturated rings. The highest BCUT2D eigenvalue weighted by Crippen LogP contribution is 2.27. The molecule has 3 aromatic rings. The average molecular weight is 462 g/mol. The van der Waals surface area contributed by atoms with Crippen LogP contribution in [0.15, 0.2) is 47.3 Å². The molecule has 5 rings (SSSR count). The summed E-state index contributed by atoms with van der Waals surface area (Å²) in [6.45, 7) is 4.00. The number of carbonyl (C=O) groups is 2. The number of imide groups is 1. The number of benzene rings is 2. The zero-order valence-electron chi connectivity index (χ0n) is 19.5. The molecule has 1 aromatic heterocycles. The number of rotatable bonds is 6. The summed E-state index contributed by atoms with van der Waals surface area (Å²) in [4.78, 5) is 39.6. The van der Waals surface area contributed by atoms with Crippen molar-refractivity contribution in [2.45, 2.75) is 51.2 Å². The monoisotopic (exact) mass is 461 g/mol. The quantitative estimate of drug-likeness (QED) is 0.551. The molecule has 3 heterocycles. The molecule has 178 valence electrons. The first-order valence-corrected chi connectivity index (χ1v) is 12.1. The van der Waals surface area contributed by atoms with Gasteiger partial charge in [-0.05, 0) is 55.6 Å². The first-order chi connectivity index (χ1) is 16.5. The lowest BCUT2D eigenvalue weighted by atomic mass is 10.1. The number of hydrogen-bond donors (Lipinski definition) is 2. The van der Waals surface area contributed by atoms with Crippen molar-refractivity contribution in [2.24, 2.45) is 7.05 Å². The smallest absolute Gasteiger partial charge is 0.329 e. The maximum absolute atomic E-state index is 13.1. The van der Waals surface area contributed by atoms with Crippen molar-refractivity contribution in [3.05, 3.63) is 64.1 Å². The van der Waals surface area contributed by atoms with E-state index >= 15 is 0 Å². The minimum absolute atomic E-state index is 0.227. The van der Waals surface area contributed by atoms with E-state index in [1.165, 1.54) is 42.5 Å². The molecule has 1 unspecified atom stereocenters. The van der Waals surface area contributed by atoms with Crippen LogP contribution in [0, 0.1) is 0 Å². The van der Waals surface area contributed by atoms with Crippen molar-refractivity contribution in [1.29, 1.82) is 0 Å². The van der Waals surface area contributed by atoms with Crippen LogP contribution in [0.25, 0.3) is 11.0 Å². The molecule has 0 saturated carbocycles. The molecule has 2 aliphatic heterocycles. The number of amides is 2. The molecule has 2 amide bonds. The zero-order valence-corrected chi connectivity index (χ0v) is 19.5. The summed E-state index contributed by atoms with van der Waals surface area (Å²) < 4.78 is 3.08. The zero-order chi connectivity index (χ0) is 23.7. The third-order valence-electron chi connectivity index (χ3n) is 6.99. The van der Waals surface area contributed by atoms with E-state index in [0.717, 1.165) is 23.3 Å². The van der Waals surface area contributed by atoms with Crippen molar-refractivity contribution < 1.29 is 9.59 Å². The maximum atomic E-state index is 13.1. The van der Waals surface area contributed by atoms with E-state index < -0.39 is 11.9 Å². The summed E-state index contributed by atoms with van der Waals surface area (Å²) in [5.41, 5.74) is 4.50. The van der Waals surface area contributed by atoms with Crippen LogP contribution in [0.2, 0.25) is 0 Å². The van der Waals surface area contributed by atoms with Gasteiger partial charge in [0.15, 0.2) is 0 Å².